The number of hydrogen-bond donors (Lipinski definition) is 3. The fraction of sp³-hybridized carbons (Fsp3) is 0.143. The molecule has 0 aliphatic carbocycles. The predicted octanol–water partition coefficient (Wildman–Crippen LogP) is 2.03. The standard InChI is InChI=1S/C21H20N2O3/c22-18(13-14-7-2-1-3-8-14)19(24)21(26)23-20(25)17-12-6-10-15-9-4-5-11-16(15)17/h1-12,18-19,24H,13,22H2,(H,23,25,26)/t18-,19+/m1/s1. The van der Waals surface area contributed by atoms with E-state index in [0.29, 0.717) is 12.0 Å². The van der Waals surface area contributed by atoms with E-state index in [1.54, 1.807) is 12.1 Å². The molecule has 0 unspecified atom stereocenters. The highest BCUT2D eigenvalue weighted by Crippen LogP contribution is 2.18. The van der Waals surface area contributed by atoms with Crippen LogP contribution in [0.25, 0.3) is 10.8 Å². The van der Waals surface area contributed by atoms with Crippen LogP contribution in [0.2, 0.25) is 0 Å². The number of hydrogen-bond acceptors (Lipinski definition) is 4. The first-order valence-electron chi connectivity index (χ1n) is 8.37. The minimum Gasteiger partial charge on any atom is -0.382 e. The fourth-order valence-electron chi connectivity index (χ4n) is 2.87. The van der Waals surface area contributed by atoms with Gasteiger partial charge in [0.1, 0.15) is 6.10 Å². The molecule has 2 atom stereocenters. The molecule has 5 nitrogen and oxygen atoms in total. The van der Waals surface area contributed by atoms with Crippen LogP contribution in [0.5, 0.6) is 0 Å². The van der Waals surface area contributed by atoms with Crippen molar-refractivity contribution in [1.29, 1.82) is 0 Å². The van der Waals surface area contributed by atoms with Crippen molar-refractivity contribution >= 4 is 22.6 Å². The van der Waals surface area contributed by atoms with Crippen LogP contribution in [0.1, 0.15) is 15.9 Å². The van der Waals surface area contributed by atoms with E-state index in [1.807, 2.05) is 60.7 Å². The van der Waals surface area contributed by atoms with Crippen molar-refractivity contribution < 1.29 is 14.7 Å². The van der Waals surface area contributed by atoms with Crippen molar-refractivity contribution in [2.75, 3.05) is 0 Å². The minimum atomic E-state index is -1.48. The molecule has 0 saturated heterocycles. The molecule has 3 aromatic rings. The Morgan fingerprint density at radius 1 is 0.923 bits per heavy atom. The third kappa shape index (κ3) is 3.96. The summed E-state index contributed by atoms with van der Waals surface area (Å²) in [6.45, 7) is 0. The van der Waals surface area contributed by atoms with E-state index in [-0.39, 0.29) is 0 Å². The molecule has 26 heavy (non-hydrogen) atoms. The molecule has 0 aliphatic heterocycles. The number of carbonyl (C=O) groups is 2. The number of nitrogens with two attached hydrogens (primary N) is 1. The Labute approximate surface area is 151 Å². The minimum absolute atomic E-state index is 0.331. The summed E-state index contributed by atoms with van der Waals surface area (Å²) in [5, 5.41) is 14.1. The first-order chi connectivity index (χ1) is 12.6. The van der Waals surface area contributed by atoms with Gasteiger partial charge in [0.15, 0.2) is 0 Å². The Bertz CT molecular complexity index is 919. The van der Waals surface area contributed by atoms with Gasteiger partial charge in [0.05, 0.1) is 0 Å². The summed E-state index contributed by atoms with van der Waals surface area (Å²) < 4.78 is 0. The number of amides is 2. The van der Waals surface area contributed by atoms with E-state index < -0.39 is 24.0 Å². The van der Waals surface area contributed by atoms with Gasteiger partial charge in [-0.15, -0.1) is 0 Å². The molecular weight excluding hydrogens is 328 g/mol. The average Bonchev–Trinajstić information content (AvgIpc) is 2.67. The summed E-state index contributed by atoms with van der Waals surface area (Å²) in [5.41, 5.74) is 7.22. The van der Waals surface area contributed by atoms with Crippen LogP contribution in [0.4, 0.5) is 0 Å². The number of aliphatic hydroxyl groups is 1. The highest BCUT2D eigenvalue weighted by molar-refractivity contribution is 6.12. The molecule has 0 heterocycles. The Hall–Kier alpha value is -3.02. The van der Waals surface area contributed by atoms with Crippen LogP contribution in [0.3, 0.4) is 0 Å². The third-order valence-electron chi connectivity index (χ3n) is 4.26. The van der Waals surface area contributed by atoms with Crippen LogP contribution < -0.4 is 11.1 Å². The van der Waals surface area contributed by atoms with Crippen LogP contribution in [-0.4, -0.2) is 29.1 Å². The molecule has 2 amide bonds. The zero-order valence-corrected chi connectivity index (χ0v) is 14.1. The first-order valence-corrected chi connectivity index (χ1v) is 8.37. The maximum absolute atomic E-state index is 12.5. The first kappa shape index (κ1) is 17.8. The van der Waals surface area contributed by atoms with Crippen LogP contribution in [0.15, 0.2) is 72.8 Å². The molecular formula is C21H20N2O3. The maximum Gasteiger partial charge on any atom is 0.258 e. The van der Waals surface area contributed by atoms with E-state index in [4.69, 9.17) is 5.73 Å². The van der Waals surface area contributed by atoms with Crippen molar-refractivity contribution in [2.24, 2.45) is 5.73 Å². The maximum atomic E-state index is 12.5. The summed E-state index contributed by atoms with van der Waals surface area (Å²) in [7, 11) is 0. The van der Waals surface area contributed by atoms with Gasteiger partial charge in [0, 0.05) is 11.6 Å². The van der Waals surface area contributed by atoms with Gasteiger partial charge in [-0.25, -0.2) is 0 Å². The second-order valence-electron chi connectivity index (χ2n) is 6.14. The molecule has 0 saturated carbocycles. The van der Waals surface area contributed by atoms with Crippen molar-refractivity contribution in [3.63, 3.8) is 0 Å². The number of rotatable bonds is 5. The predicted molar refractivity (Wildman–Crippen MR) is 101 cm³/mol. The lowest BCUT2D eigenvalue weighted by Gasteiger charge is -2.18. The van der Waals surface area contributed by atoms with E-state index in [0.717, 1.165) is 16.3 Å². The summed E-state index contributed by atoms with van der Waals surface area (Å²) in [4.78, 5) is 24.7. The largest absolute Gasteiger partial charge is 0.382 e. The average molecular weight is 348 g/mol. The third-order valence-corrected chi connectivity index (χ3v) is 4.26. The second-order valence-corrected chi connectivity index (χ2v) is 6.14. The van der Waals surface area contributed by atoms with Crippen molar-refractivity contribution in [3.05, 3.63) is 83.9 Å². The van der Waals surface area contributed by atoms with E-state index in [1.165, 1.54) is 0 Å². The van der Waals surface area contributed by atoms with Crippen molar-refractivity contribution in [1.82, 2.24) is 5.32 Å². The fourth-order valence-corrected chi connectivity index (χ4v) is 2.87. The summed E-state index contributed by atoms with van der Waals surface area (Å²) in [6.07, 6.45) is -1.15. The molecule has 3 rings (SSSR count). The highest BCUT2D eigenvalue weighted by Gasteiger charge is 2.25. The van der Waals surface area contributed by atoms with Crippen LogP contribution in [0, 0.1) is 0 Å². The molecule has 132 valence electrons. The zero-order valence-electron chi connectivity index (χ0n) is 14.1. The zero-order chi connectivity index (χ0) is 18.5. The molecule has 0 aromatic heterocycles. The molecule has 0 spiro atoms. The van der Waals surface area contributed by atoms with Gasteiger partial charge in [-0.05, 0) is 28.8 Å². The Balaban J connectivity index is 1.69. The SMILES string of the molecule is N[C@H](Cc1ccccc1)[C@H](O)C(=O)NC(=O)c1cccc2ccccc12. The summed E-state index contributed by atoms with van der Waals surface area (Å²) in [6, 6.07) is 21.2. The Kier molecular flexibility index (Phi) is 5.41. The number of carbonyl (C=O) groups excluding carboxylic acids is 2. The highest BCUT2D eigenvalue weighted by atomic mass is 16.3. The Morgan fingerprint density at radius 3 is 2.35 bits per heavy atom. The normalized spacial score (nSPS) is 13.2. The molecule has 3 aromatic carbocycles. The van der Waals surface area contributed by atoms with Gasteiger partial charge in [0.25, 0.3) is 11.8 Å². The summed E-state index contributed by atoms with van der Waals surface area (Å²) in [5.74, 6) is -1.36. The lowest BCUT2D eigenvalue weighted by atomic mass is 10.0. The van der Waals surface area contributed by atoms with E-state index in [2.05, 4.69) is 5.32 Å². The lowest BCUT2D eigenvalue weighted by molar-refractivity contribution is -0.129. The van der Waals surface area contributed by atoms with E-state index in [9.17, 15) is 14.7 Å². The number of nitrogens with one attached hydrogen (secondary N) is 1. The van der Waals surface area contributed by atoms with Gasteiger partial charge < -0.3 is 10.8 Å². The van der Waals surface area contributed by atoms with Gasteiger partial charge >= 0.3 is 0 Å². The summed E-state index contributed by atoms with van der Waals surface area (Å²) >= 11 is 0. The van der Waals surface area contributed by atoms with Gasteiger partial charge in [-0.3, -0.25) is 14.9 Å². The second kappa shape index (κ2) is 7.91. The van der Waals surface area contributed by atoms with Crippen LogP contribution >= 0.6 is 0 Å². The quantitative estimate of drug-likeness (QED) is 0.658. The lowest BCUT2D eigenvalue weighted by Crippen LogP contribution is -2.49. The van der Waals surface area contributed by atoms with Gasteiger partial charge in [-0.2, -0.15) is 0 Å². The molecule has 4 N–H and O–H groups in total. The monoisotopic (exact) mass is 348 g/mol. The molecule has 0 bridgehead atoms. The van der Waals surface area contributed by atoms with Crippen LogP contribution in [-0.2, 0) is 11.2 Å². The molecule has 0 radical (unpaired) electrons. The number of imide groups is 1. The smallest absolute Gasteiger partial charge is 0.258 e. The van der Waals surface area contributed by atoms with Gasteiger partial charge in [0.2, 0.25) is 0 Å². The molecule has 5 heteroatoms. The van der Waals surface area contributed by atoms with Gasteiger partial charge in [-0.1, -0.05) is 66.7 Å². The number of aliphatic hydroxyl groups excluding tert-OH is 1. The topological polar surface area (TPSA) is 92.4 Å². The molecule has 0 fully saturated rings. The van der Waals surface area contributed by atoms with E-state index >= 15 is 0 Å². The Morgan fingerprint density at radius 2 is 1.58 bits per heavy atom. The van der Waals surface area contributed by atoms with Crippen molar-refractivity contribution in [3.8, 4) is 0 Å². The number of benzene rings is 3. The van der Waals surface area contributed by atoms with Crippen molar-refractivity contribution in [2.45, 2.75) is 18.6 Å². The number of fused-ring (bicyclic) bond motifs is 1. The molecule has 0 aliphatic rings.